The van der Waals surface area contributed by atoms with E-state index in [4.69, 9.17) is 5.11 Å². The SMILES string of the molecule is CC(C)(CCCO)CNC1CC2CCC1(C)C2(C)C. The van der Waals surface area contributed by atoms with Crippen LogP contribution in [-0.2, 0) is 0 Å². The second-order valence-electron chi connectivity index (χ2n) is 8.54. The lowest BCUT2D eigenvalue weighted by molar-refractivity contribution is 0.113. The van der Waals surface area contributed by atoms with Crippen LogP contribution in [0.5, 0.6) is 0 Å². The fourth-order valence-corrected chi connectivity index (χ4v) is 4.56. The average Bonchev–Trinajstić information content (AvgIpc) is 2.66. The van der Waals surface area contributed by atoms with Gasteiger partial charge in [0.25, 0.3) is 0 Å². The van der Waals surface area contributed by atoms with Gasteiger partial charge in [-0.05, 0) is 54.3 Å². The van der Waals surface area contributed by atoms with Gasteiger partial charge in [-0.3, -0.25) is 0 Å². The van der Waals surface area contributed by atoms with Gasteiger partial charge in [-0.25, -0.2) is 0 Å². The maximum absolute atomic E-state index is 8.98. The smallest absolute Gasteiger partial charge is 0.0431 e. The van der Waals surface area contributed by atoms with E-state index in [-0.39, 0.29) is 0 Å². The molecule has 2 aliphatic rings. The van der Waals surface area contributed by atoms with Crippen LogP contribution in [0, 0.1) is 22.2 Å². The van der Waals surface area contributed by atoms with E-state index in [1.54, 1.807) is 0 Å². The summed E-state index contributed by atoms with van der Waals surface area (Å²) in [7, 11) is 0. The molecule has 112 valence electrons. The molecule has 0 radical (unpaired) electrons. The highest BCUT2D eigenvalue weighted by molar-refractivity contribution is 5.13. The summed E-state index contributed by atoms with van der Waals surface area (Å²) in [5.74, 6) is 0.913. The molecule has 2 aliphatic carbocycles. The van der Waals surface area contributed by atoms with Crippen molar-refractivity contribution < 1.29 is 5.11 Å². The van der Waals surface area contributed by atoms with E-state index in [2.05, 4.69) is 39.9 Å². The van der Waals surface area contributed by atoms with Gasteiger partial charge in [-0.2, -0.15) is 0 Å². The predicted molar refractivity (Wildman–Crippen MR) is 81.1 cm³/mol. The number of hydrogen-bond acceptors (Lipinski definition) is 2. The Balaban J connectivity index is 1.92. The van der Waals surface area contributed by atoms with E-state index in [1.165, 1.54) is 19.3 Å². The van der Waals surface area contributed by atoms with Crippen LogP contribution >= 0.6 is 0 Å². The Bertz CT molecular complexity index is 323. The Kier molecular flexibility index (Phi) is 4.06. The maximum atomic E-state index is 8.98. The second-order valence-corrected chi connectivity index (χ2v) is 8.54. The van der Waals surface area contributed by atoms with Gasteiger partial charge in [0.1, 0.15) is 0 Å². The summed E-state index contributed by atoms with van der Waals surface area (Å²) >= 11 is 0. The number of aliphatic hydroxyl groups excluding tert-OH is 1. The molecule has 2 fully saturated rings. The van der Waals surface area contributed by atoms with E-state index < -0.39 is 0 Å². The monoisotopic (exact) mass is 267 g/mol. The molecule has 0 aliphatic heterocycles. The van der Waals surface area contributed by atoms with Crippen molar-refractivity contribution in [1.29, 1.82) is 0 Å². The van der Waals surface area contributed by atoms with Gasteiger partial charge in [0.2, 0.25) is 0 Å². The van der Waals surface area contributed by atoms with Crippen molar-refractivity contribution in [2.45, 2.75) is 72.8 Å². The second kappa shape index (κ2) is 5.04. The summed E-state index contributed by atoms with van der Waals surface area (Å²) in [6.45, 7) is 13.5. The van der Waals surface area contributed by atoms with Gasteiger partial charge in [0.05, 0.1) is 0 Å². The van der Waals surface area contributed by atoms with Crippen LogP contribution in [0.4, 0.5) is 0 Å². The van der Waals surface area contributed by atoms with Crippen molar-refractivity contribution in [2.75, 3.05) is 13.2 Å². The molecule has 19 heavy (non-hydrogen) atoms. The molecule has 2 rings (SSSR count). The number of fused-ring (bicyclic) bond motifs is 2. The topological polar surface area (TPSA) is 32.3 Å². The minimum atomic E-state index is 0.297. The molecular formula is C17H33NO. The number of aliphatic hydroxyl groups is 1. The van der Waals surface area contributed by atoms with Crippen molar-refractivity contribution in [3.05, 3.63) is 0 Å². The summed E-state index contributed by atoms with van der Waals surface area (Å²) in [5, 5.41) is 12.9. The van der Waals surface area contributed by atoms with Gasteiger partial charge in [0.15, 0.2) is 0 Å². The molecule has 2 N–H and O–H groups in total. The first-order valence-corrected chi connectivity index (χ1v) is 8.07. The lowest BCUT2D eigenvalue weighted by Gasteiger charge is -2.41. The van der Waals surface area contributed by atoms with Crippen LogP contribution in [-0.4, -0.2) is 24.3 Å². The third-order valence-electron chi connectivity index (χ3n) is 6.63. The van der Waals surface area contributed by atoms with E-state index in [0.717, 1.165) is 25.3 Å². The highest BCUT2D eigenvalue weighted by atomic mass is 16.2. The molecule has 0 aromatic heterocycles. The van der Waals surface area contributed by atoms with Crippen molar-refractivity contribution in [3.63, 3.8) is 0 Å². The Hall–Kier alpha value is -0.0800. The van der Waals surface area contributed by atoms with Crippen LogP contribution in [0.3, 0.4) is 0 Å². The summed E-state index contributed by atoms with van der Waals surface area (Å²) in [4.78, 5) is 0. The number of hydrogen-bond donors (Lipinski definition) is 2. The molecule has 3 atom stereocenters. The first-order valence-electron chi connectivity index (χ1n) is 8.07. The van der Waals surface area contributed by atoms with E-state index >= 15 is 0 Å². The summed E-state index contributed by atoms with van der Waals surface area (Å²) < 4.78 is 0. The molecule has 2 saturated carbocycles. The minimum Gasteiger partial charge on any atom is -0.396 e. The molecule has 0 saturated heterocycles. The zero-order valence-corrected chi connectivity index (χ0v) is 13.6. The van der Waals surface area contributed by atoms with Crippen LogP contribution in [0.15, 0.2) is 0 Å². The maximum Gasteiger partial charge on any atom is 0.0431 e. The number of rotatable bonds is 6. The first kappa shape index (κ1) is 15.3. The molecule has 0 aromatic rings. The van der Waals surface area contributed by atoms with Gasteiger partial charge in [0, 0.05) is 19.2 Å². The Labute approximate surface area is 119 Å². The number of nitrogens with one attached hydrogen (secondary N) is 1. The predicted octanol–water partition coefficient (Wildman–Crippen LogP) is 3.59. The van der Waals surface area contributed by atoms with E-state index in [1.807, 2.05) is 0 Å². The molecule has 0 amide bonds. The van der Waals surface area contributed by atoms with Gasteiger partial charge in [-0.1, -0.05) is 34.6 Å². The first-order chi connectivity index (χ1) is 8.73. The average molecular weight is 267 g/mol. The summed E-state index contributed by atoms with van der Waals surface area (Å²) in [5.41, 5.74) is 1.27. The zero-order valence-electron chi connectivity index (χ0n) is 13.6. The van der Waals surface area contributed by atoms with Crippen LogP contribution in [0.2, 0.25) is 0 Å². The minimum absolute atomic E-state index is 0.297. The van der Waals surface area contributed by atoms with Crippen LogP contribution < -0.4 is 5.32 Å². The molecule has 2 heteroatoms. The quantitative estimate of drug-likeness (QED) is 0.771. The van der Waals surface area contributed by atoms with E-state index in [9.17, 15) is 0 Å². The standard InChI is InChI=1S/C17H33NO/c1-15(2,8-6-10-19)12-18-14-11-13-7-9-17(14,5)16(13,3)4/h13-14,18-19H,6-12H2,1-5H3. The summed E-state index contributed by atoms with van der Waals surface area (Å²) in [6.07, 6.45) is 6.20. The van der Waals surface area contributed by atoms with Crippen molar-refractivity contribution in [2.24, 2.45) is 22.2 Å². The van der Waals surface area contributed by atoms with E-state index in [0.29, 0.717) is 28.9 Å². The molecule has 0 spiro atoms. The Morgan fingerprint density at radius 2 is 1.95 bits per heavy atom. The lowest BCUT2D eigenvalue weighted by Crippen LogP contribution is -2.47. The molecule has 0 heterocycles. The molecule has 2 nitrogen and oxygen atoms in total. The van der Waals surface area contributed by atoms with Crippen LogP contribution in [0.1, 0.15) is 66.7 Å². The van der Waals surface area contributed by atoms with Crippen LogP contribution in [0.25, 0.3) is 0 Å². The van der Waals surface area contributed by atoms with Gasteiger partial charge >= 0.3 is 0 Å². The third kappa shape index (κ3) is 2.58. The fraction of sp³-hybridized carbons (Fsp3) is 1.00. The molecule has 0 aromatic carbocycles. The Morgan fingerprint density at radius 3 is 2.42 bits per heavy atom. The van der Waals surface area contributed by atoms with Crippen molar-refractivity contribution in [3.8, 4) is 0 Å². The highest BCUT2D eigenvalue weighted by Crippen LogP contribution is 2.65. The zero-order chi connectivity index (χ0) is 14.3. The third-order valence-corrected chi connectivity index (χ3v) is 6.63. The normalized spacial score (nSPS) is 36.9. The van der Waals surface area contributed by atoms with Gasteiger partial charge in [-0.15, -0.1) is 0 Å². The fourth-order valence-electron chi connectivity index (χ4n) is 4.56. The van der Waals surface area contributed by atoms with Crippen molar-refractivity contribution in [1.82, 2.24) is 5.32 Å². The molecule has 3 unspecified atom stereocenters. The summed E-state index contributed by atoms with van der Waals surface area (Å²) in [6, 6.07) is 0.689. The molecular weight excluding hydrogens is 234 g/mol. The largest absolute Gasteiger partial charge is 0.396 e. The van der Waals surface area contributed by atoms with Gasteiger partial charge < -0.3 is 10.4 Å². The van der Waals surface area contributed by atoms with Crippen molar-refractivity contribution >= 4 is 0 Å². The molecule has 2 bridgehead atoms. The lowest BCUT2D eigenvalue weighted by atomic mass is 9.69. The Morgan fingerprint density at radius 1 is 1.26 bits per heavy atom. The highest BCUT2D eigenvalue weighted by Gasteiger charge is 2.61.